The largest absolute Gasteiger partial charge is 0.460 e. The van der Waals surface area contributed by atoms with Crippen molar-refractivity contribution in [3.63, 3.8) is 0 Å². The van der Waals surface area contributed by atoms with E-state index < -0.39 is 45.8 Å². The van der Waals surface area contributed by atoms with Crippen LogP contribution in [0.15, 0.2) is 36.8 Å². The summed E-state index contributed by atoms with van der Waals surface area (Å²) in [7, 11) is -3.80. The number of nitrogens with one attached hydrogen (secondary N) is 2. The molecule has 0 radical (unpaired) electrons. The number of esters is 1. The van der Waals surface area contributed by atoms with E-state index in [1.807, 2.05) is 45.0 Å². The normalized spacial score (nSPS) is 21.3. The number of fused-ring (bicyclic) bond motifs is 1. The third kappa shape index (κ3) is 10.5. The molecule has 288 valence electrons. The van der Waals surface area contributed by atoms with E-state index in [-0.39, 0.29) is 48.3 Å². The van der Waals surface area contributed by atoms with Crippen LogP contribution in [0.1, 0.15) is 96.8 Å². The van der Waals surface area contributed by atoms with Crippen molar-refractivity contribution >= 4 is 56.7 Å². The van der Waals surface area contributed by atoms with Gasteiger partial charge in [-0.05, 0) is 81.3 Å². The standard InChI is InChI=1S/C37H47ClN4O9S2/c1-8-20(2)31(42-36(45)51-37(4,5)6)35(44)50-29-15-25(13-23(29)18-49-53(7,46)47)41-34-28(17-39-19-40-34)32(43)30-16-26(21(3)52-30)33-27-14-24(38)10-9-22(27)11-12-48-33/h9-10,14,16-17,19-20,23,25,29,31,33H,8,11-13,15,18H2,1-7H3,(H,42,45)(H,39,40,41)/t20-,23+,25+,29-,31-,33-/m0/s1. The number of ether oxygens (including phenoxy) is 3. The number of rotatable bonds is 13. The number of ketones is 1. The molecule has 1 amide bonds. The lowest BCUT2D eigenvalue weighted by atomic mass is 9.93. The van der Waals surface area contributed by atoms with Gasteiger partial charge in [-0.3, -0.25) is 8.98 Å². The predicted molar refractivity (Wildman–Crippen MR) is 201 cm³/mol. The van der Waals surface area contributed by atoms with Crippen LogP contribution in [0, 0.1) is 18.8 Å². The van der Waals surface area contributed by atoms with Crippen LogP contribution in [0.2, 0.25) is 5.02 Å². The van der Waals surface area contributed by atoms with Gasteiger partial charge >= 0.3 is 12.1 Å². The lowest BCUT2D eigenvalue weighted by Gasteiger charge is -2.28. The summed E-state index contributed by atoms with van der Waals surface area (Å²) in [6, 6.07) is 6.25. The molecule has 53 heavy (non-hydrogen) atoms. The van der Waals surface area contributed by atoms with Crippen LogP contribution in [0.4, 0.5) is 10.6 Å². The molecule has 0 unspecified atom stereocenters. The summed E-state index contributed by atoms with van der Waals surface area (Å²) in [5, 5.41) is 6.58. The van der Waals surface area contributed by atoms with Crippen molar-refractivity contribution in [2.24, 2.45) is 11.8 Å². The van der Waals surface area contributed by atoms with Gasteiger partial charge in [-0.1, -0.05) is 37.9 Å². The molecule has 3 aromatic rings. The number of anilines is 1. The molecule has 1 fully saturated rings. The molecule has 5 rings (SSSR count). The Labute approximate surface area is 319 Å². The molecule has 0 bridgehead atoms. The maximum absolute atomic E-state index is 14.0. The first-order valence-electron chi connectivity index (χ1n) is 17.6. The lowest BCUT2D eigenvalue weighted by Crippen LogP contribution is -2.48. The maximum Gasteiger partial charge on any atom is 0.408 e. The minimum Gasteiger partial charge on any atom is -0.460 e. The Morgan fingerprint density at radius 1 is 1.15 bits per heavy atom. The highest BCUT2D eigenvalue weighted by Gasteiger charge is 2.41. The van der Waals surface area contributed by atoms with Crippen molar-refractivity contribution in [3.05, 3.63) is 73.8 Å². The number of amides is 1. The minimum absolute atomic E-state index is 0.229. The number of nitrogens with zero attached hydrogens (tertiary/aromatic N) is 2. The average molecular weight is 791 g/mol. The molecular weight excluding hydrogens is 744 g/mol. The number of thiophene rings is 1. The van der Waals surface area contributed by atoms with E-state index in [1.54, 1.807) is 20.8 Å². The second-order valence-corrected chi connectivity index (χ2v) is 18.0. The fourth-order valence-electron chi connectivity index (χ4n) is 6.54. The first-order chi connectivity index (χ1) is 24.9. The molecule has 16 heteroatoms. The number of aryl methyl sites for hydroxylation is 1. The zero-order valence-electron chi connectivity index (χ0n) is 30.9. The van der Waals surface area contributed by atoms with Gasteiger partial charge < -0.3 is 24.8 Å². The Balaban J connectivity index is 1.34. The van der Waals surface area contributed by atoms with Crippen molar-refractivity contribution in [1.29, 1.82) is 0 Å². The van der Waals surface area contributed by atoms with Crippen molar-refractivity contribution in [2.75, 3.05) is 24.8 Å². The third-order valence-electron chi connectivity index (χ3n) is 9.34. The van der Waals surface area contributed by atoms with Crippen LogP contribution in [0.3, 0.4) is 0 Å². The molecule has 3 heterocycles. The van der Waals surface area contributed by atoms with Crippen LogP contribution in [-0.4, -0.2) is 79.5 Å². The Morgan fingerprint density at radius 3 is 2.60 bits per heavy atom. The second-order valence-electron chi connectivity index (χ2n) is 14.6. The molecule has 2 N–H and O–H groups in total. The highest BCUT2D eigenvalue weighted by atomic mass is 35.5. The summed E-state index contributed by atoms with van der Waals surface area (Å²) in [6.45, 7) is 11.1. The summed E-state index contributed by atoms with van der Waals surface area (Å²) in [4.78, 5) is 50.2. The molecule has 0 spiro atoms. The Bertz CT molecular complexity index is 1930. The molecule has 0 saturated heterocycles. The lowest BCUT2D eigenvalue weighted by molar-refractivity contribution is -0.155. The Kier molecular flexibility index (Phi) is 12.9. The quantitative estimate of drug-likeness (QED) is 0.111. The van der Waals surface area contributed by atoms with Crippen LogP contribution in [0.5, 0.6) is 0 Å². The number of alkyl carbamates (subject to hydrolysis) is 1. The number of carbonyl (C=O) groups excluding carboxylic acids is 3. The van der Waals surface area contributed by atoms with Gasteiger partial charge in [-0.2, -0.15) is 8.42 Å². The van der Waals surface area contributed by atoms with Gasteiger partial charge in [0.2, 0.25) is 5.78 Å². The van der Waals surface area contributed by atoms with Crippen LogP contribution < -0.4 is 10.6 Å². The number of aromatic nitrogens is 2. The molecule has 1 saturated carbocycles. The van der Waals surface area contributed by atoms with Crippen molar-refractivity contribution in [2.45, 2.75) is 97.1 Å². The SMILES string of the molecule is CC[C@H](C)[C@H](NC(=O)OC(C)(C)C)C(=O)O[C@H]1C[C@H](Nc2ncncc2C(=O)c2cc([C@@H]3OCCc4ccc(Cl)cc43)c(C)s2)C[C@@H]1COS(C)(=O)=O. The average Bonchev–Trinajstić information content (AvgIpc) is 3.66. The van der Waals surface area contributed by atoms with Gasteiger partial charge in [-0.15, -0.1) is 11.3 Å². The molecule has 6 atom stereocenters. The van der Waals surface area contributed by atoms with Gasteiger partial charge in [-0.25, -0.2) is 19.6 Å². The number of hydrogen-bond donors (Lipinski definition) is 2. The molecule has 1 aromatic carbocycles. The number of halogens is 1. The number of benzene rings is 1. The van der Waals surface area contributed by atoms with E-state index in [0.717, 1.165) is 34.2 Å². The molecule has 1 aliphatic heterocycles. The molecular formula is C37H47ClN4O9S2. The van der Waals surface area contributed by atoms with E-state index >= 15 is 0 Å². The van der Waals surface area contributed by atoms with Crippen LogP contribution in [-0.2, 0) is 39.7 Å². The van der Waals surface area contributed by atoms with Crippen molar-refractivity contribution in [3.8, 4) is 0 Å². The van der Waals surface area contributed by atoms with Crippen molar-refractivity contribution in [1.82, 2.24) is 15.3 Å². The predicted octanol–water partition coefficient (Wildman–Crippen LogP) is 6.41. The van der Waals surface area contributed by atoms with Gasteiger partial charge in [0.1, 0.15) is 36.0 Å². The van der Waals surface area contributed by atoms with Crippen molar-refractivity contribution < 1.29 is 41.2 Å². The van der Waals surface area contributed by atoms with Gasteiger partial charge in [0, 0.05) is 34.5 Å². The summed E-state index contributed by atoms with van der Waals surface area (Å²) in [5.74, 6) is -1.48. The minimum atomic E-state index is -3.80. The summed E-state index contributed by atoms with van der Waals surface area (Å²) in [6.07, 6.45) is 3.78. The fraction of sp³-hybridized carbons (Fsp3) is 0.541. The third-order valence-corrected chi connectivity index (χ3v) is 11.2. The second kappa shape index (κ2) is 16.8. The highest BCUT2D eigenvalue weighted by molar-refractivity contribution is 7.85. The van der Waals surface area contributed by atoms with E-state index in [4.69, 9.17) is 30.0 Å². The smallest absolute Gasteiger partial charge is 0.408 e. The zero-order valence-corrected chi connectivity index (χ0v) is 33.3. The summed E-state index contributed by atoms with van der Waals surface area (Å²) >= 11 is 7.69. The summed E-state index contributed by atoms with van der Waals surface area (Å²) in [5.41, 5.74) is 2.50. The summed E-state index contributed by atoms with van der Waals surface area (Å²) < 4.78 is 46.6. The highest BCUT2D eigenvalue weighted by Crippen LogP contribution is 2.40. The van der Waals surface area contributed by atoms with Gasteiger partial charge in [0.25, 0.3) is 10.1 Å². The molecule has 13 nitrogen and oxygen atoms in total. The topological polar surface area (TPSA) is 172 Å². The first-order valence-corrected chi connectivity index (χ1v) is 20.6. The monoisotopic (exact) mass is 790 g/mol. The first kappa shape index (κ1) is 40.6. The van der Waals surface area contributed by atoms with Crippen LogP contribution in [0.25, 0.3) is 0 Å². The van der Waals surface area contributed by atoms with Gasteiger partial charge in [0.05, 0.1) is 29.9 Å². The Morgan fingerprint density at radius 2 is 1.91 bits per heavy atom. The number of hydrogen-bond acceptors (Lipinski definition) is 13. The molecule has 1 aliphatic carbocycles. The van der Waals surface area contributed by atoms with E-state index in [2.05, 4.69) is 20.6 Å². The zero-order chi connectivity index (χ0) is 38.7. The van der Waals surface area contributed by atoms with Crippen LogP contribution >= 0.6 is 22.9 Å². The molecule has 2 aromatic heterocycles. The Hall–Kier alpha value is -3.63. The molecule has 2 aliphatic rings. The fourth-order valence-corrected chi connectivity index (χ4v) is 8.14. The maximum atomic E-state index is 14.0. The number of carbonyl (C=O) groups is 3. The van der Waals surface area contributed by atoms with E-state index in [1.165, 1.54) is 23.9 Å². The van der Waals surface area contributed by atoms with E-state index in [9.17, 15) is 22.8 Å². The van der Waals surface area contributed by atoms with Gasteiger partial charge in [0.15, 0.2) is 0 Å². The van der Waals surface area contributed by atoms with E-state index in [0.29, 0.717) is 29.3 Å².